The fraction of sp³-hybridized carbons (Fsp3) is 0.368. The van der Waals surface area contributed by atoms with Gasteiger partial charge in [0, 0.05) is 16.7 Å². The monoisotopic (exact) mass is 297 g/mol. The zero-order chi connectivity index (χ0) is 14.7. The highest BCUT2D eigenvalue weighted by atomic mass is 32.2. The lowest BCUT2D eigenvalue weighted by Crippen LogP contribution is -2.15. The molecular weight excluding hydrogens is 274 g/mol. The second-order valence-corrected chi connectivity index (χ2v) is 7.13. The predicted octanol–water partition coefficient (Wildman–Crippen LogP) is 5.05. The van der Waals surface area contributed by atoms with Gasteiger partial charge in [-0.25, -0.2) is 0 Å². The SMILES string of the molecule is Cc1cccc(SCC(N)c2cccc(C3CCC3)c2)c1. The van der Waals surface area contributed by atoms with Crippen molar-refractivity contribution < 1.29 is 0 Å². The van der Waals surface area contributed by atoms with Gasteiger partial charge in [0.05, 0.1) is 0 Å². The van der Waals surface area contributed by atoms with E-state index in [1.807, 2.05) is 11.8 Å². The summed E-state index contributed by atoms with van der Waals surface area (Å²) in [6.45, 7) is 2.13. The fourth-order valence-corrected chi connectivity index (χ4v) is 3.78. The number of rotatable bonds is 5. The van der Waals surface area contributed by atoms with Crippen molar-refractivity contribution in [1.82, 2.24) is 0 Å². The summed E-state index contributed by atoms with van der Waals surface area (Å²) in [7, 11) is 0. The van der Waals surface area contributed by atoms with Crippen LogP contribution in [0.5, 0.6) is 0 Å². The lowest BCUT2D eigenvalue weighted by Gasteiger charge is -2.26. The summed E-state index contributed by atoms with van der Waals surface area (Å²) < 4.78 is 0. The molecule has 2 aromatic rings. The molecule has 1 aliphatic carbocycles. The lowest BCUT2D eigenvalue weighted by atomic mass is 9.79. The molecule has 0 radical (unpaired) electrons. The summed E-state index contributed by atoms with van der Waals surface area (Å²) in [5.41, 5.74) is 10.5. The Morgan fingerprint density at radius 1 is 1.14 bits per heavy atom. The van der Waals surface area contributed by atoms with Gasteiger partial charge in [-0.3, -0.25) is 0 Å². The average Bonchev–Trinajstić information content (AvgIpc) is 2.43. The maximum absolute atomic E-state index is 6.39. The zero-order valence-electron chi connectivity index (χ0n) is 12.6. The van der Waals surface area contributed by atoms with E-state index in [1.54, 1.807) is 0 Å². The highest BCUT2D eigenvalue weighted by Gasteiger charge is 2.20. The molecule has 110 valence electrons. The molecule has 0 aliphatic heterocycles. The first kappa shape index (κ1) is 14.7. The van der Waals surface area contributed by atoms with Crippen LogP contribution >= 0.6 is 11.8 Å². The Hall–Kier alpha value is -1.25. The smallest absolute Gasteiger partial charge is 0.0390 e. The van der Waals surface area contributed by atoms with Gasteiger partial charge < -0.3 is 5.73 Å². The number of hydrogen-bond donors (Lipinski definition) is 1. The molecule has 0 spiro atoms. The lowest BCUT2D eigenvalue weighted by molar-refractivity contribution is 0.419. The molecule has 1 saturated carbocycles. The van der Waals surface area contributed by atoms with E-state index in [9.17, 15) is 0 Å². The first-order valence-electron chi connectivity index (χ1n) is 7.77. The Kier molecular flexibility index (Phi) is 4.67. The number of benzene rings is 2. The van der Waals surface area contributed by atoms with Crippen molar-refractivity contribution in [2.45, 2.75) is 43.0 Å². The van der Waals surface area contributed by atoms with Crippen LogP contribution in [0.15, 0.2) is 53.4 Å². The van der Waals surface area contributed by atoms with E-state index in [0.29, 0.717) is 0 Å². The van der Waals surface area contributed by atoms with Gasteiger partial charge in [0.2, 0.25) is 0 Å². The van der Waals surface area contributed by atoms with Crippen LogP contribution in [-0.4, -0.2) is 5.75 Å². The minimum atomic E-state index is 0.107. The maximum atomic E-state index is 6.39. The van der Waals surface area contributed by atoms with E-state index in [-0.39, 0.29) is 6.04 Å². The van der Waals surface area contributed by atoms with Crippen LogP contribution in [0.3, 0.4) is 0 Å². The van der Waals surface area contributed by atoms with Gasteiger partial charge in [0.1, 0.15) is 0 Å². The van der Waals surface area contributed by atoms with Gasteiger partial charge in [-0.2, -0.15) is 0 Å². The third kappa shape index (κ3) is 3.69. The molecule has 2 aromatic carbocycles. The quantitative estimate of drug-likeness (QED) is 0.781. The van der Waals surface area contributed by atoms with Crippen LogP contribution < -0.4 is 5.73 Å². The average molecular weight is 297 g/mol. The maximum Gasteiger partial charge on any atom is 0.0390 e. The highest BCUT2D eigenvalue weighted by molar-refractivity contribution is 7.99. The molecule has 1 unspecified atom stereocenters. The third-order valence-electron chi connectivity index (χ3n) is 4.33. The molecule has 0 amide bonds. The van der Waals surface area contributed by atoms with E-state index < -0.39 is 0 Å². The molecule has 1 atom stereocenters. The number of nitrogens with two attached hydrogens (primary N) is 1. The van der Waals surface area contributed by atoms with Crippen molar-refractivity contribution in [3.05, 3.63) is 65.2 Å². The topological polar surface area (TPSA) is 26.0 Å². The normalized spacial score (nSPS) is 16.5. The van der Waals surface area contributed by atoms with Crippen molar-refractivity contribution in [1.29, 1.82) is 0 Å². The largest absolute Gasteiger partial charge is 0.323 e. The summed E-state index contributed by atoms with van der Waals surface area (Å²) in [5, 5.41) is 0. The van der Waals surface area contributed by atoms with Crippen molar-refractivity contribution in [2.24, 2.45) is 5.73 Å². The molecule has 2 N–H and O–H groups in total. The molecule has 2 heteroatoms. The Morgan fingerprint density at radius 3 is 2.67 bits per heavy atom. The van der Waals surface area contributed by atoms with Crippen molar-refractivity contribution in [3.63, 3.8) is 0 Å². The zero-order valence-corrected chi connectivity index (χ0v) is 13.4. The van der Waals surface area contributed by atoms with E-state index in [2.05, 4.69) is 55.5 Å². The van der Waals surface area contributed by atoms with E-state index in [0.717, 1.165) is 11.7 Å². The number of thioether (sulfide) groups is 1. The van der Waals surface area contributed by atoms with E-state index in [4.69, 9.17) is 5.73 Å². The fourth-order valence-electron chi connectivity index (χ4n) is 2.77. The number of hydrogen-bond acceptors (Lipinski definition) is 2. The number of aryl methyl sites for hydroxylation is 1. The van der Waals surface area contributed by atoms with Gasteiger partial charge in [-0.1, -0.05) is 48.4 Å². The molecule has 1 nitrogen and oxygen atoms in total. The van der Waals surface area contributed by atoms with Crippen LogP contribution in [0.2, 0.25) is 0 Å². The van der Waals surface area contributed by atoms with Crippen LogP contribution in [0.4, 0.5) is 0 Å². The summed E-state index contributed by atoms with van der Waals surface area (Å²) >= 11 is 1.85. The minimum Gasteiger partial charge on any atom is -0.323 e. The van der Waals surface area contributed by atoms with E-state index in [1.165, 1.54) is 40.8 Å². The Bertz CT molecular complexity index is 604. The van der Waals surface area contributed by atoms with Gasteiger partial charge in [-0.15, -0.1) is 11.8 Å². The predicted molar refractivity (Wildman–Crippen MR) is 91.9 cm³/mol. The highest BCUT2D eigenvalue weighted by Crippen LogP contribution is 2.37. The van der Waals surface area contributed by atoms with Gasteiger partial charge in [-0.05, 0) is 48.9 Å². The van der Waals surface area contributed by atoms with Gasteiger partial charge in [0.15, 0.2) is 0 Å². The Balaban J connectivity index is 1.63. The summed E-state index contributed by atoms with van der Waals surface area (Å²) in [6.07, 6.45) is 4.07. The second kappa shape index (κ2) is 6.67. The van der Waals surface area contributed by atoms with Crippen LogP contribution in [0.1, 0.15) is 47.9 Å². The molecule has 0 bridgehead atoms. The summed E-state index contributed by atoms with van der Waals surface area (Å²) in [4.78, 5) is 1.31. The summed E-state index contributed by atoms with van der Waals surface area (Å²) in [5.74, 6) is 1.71. The van der Waals surface area contributed by atoms with Crippen molar-refractivity contribution in [3.8, 4) is 0 Å². The minimum absolute atomic E-state index is 0.107. The standard InChI is InChI=1S/C19H23NS/c1-14-5-2-10-18(11-14)21-13-19(20)17-9-4-8-16(12-17)15-6-3-7-15/h2,4-5,8-12,15,19H,3,6-7,13,20H2,1H3. The third-order valence-corrected chi connectivity index (χ3v) is 5.45. The molecule has 1 aliphatic rings. The molecule has 21 heavy (non-hydrogen) atoms. The van der Waals surface area contributed by atoms with Crippen molar-refractivity contribution in [2.75, 3.05) is 5.75 Å². The molecular formula is C19H23NS. The Morgan fingerprint density at radius 2 is 1.95 bits per heavy atom. The van der Waals surface area contributed by atoms with Crippen LogP contribution in [0.25, 0.3) is 0 Å². The first-order valence-corrected chi connectivity index (χ1v) is 8.76. The Labute approximate surface area is 132 Å². The molecule has 0 aromatic heterocycles. The molecule has 0 heterocycles. The van der Waals surface area contributed by atoms with Crippen LogP contribution in [-0.2, 0) is 0 Å². The van der Waals surface area contributed by atoms with Crippen molar-refractivity contribution >= 4 is 11.8 Å². The first-order chi connectivity index (χ1) is 10.2. The molecule has 1 fully saturated rings. The second-order valence-electron chi connectivity index (χ2n) is 6.03. The van der Waals surface area contributed by atoms with E-state index >= 15 is 0 Å². The van der Waals surface area contributed by atoms with Gasteiger partial charge in [0.25, 0.3) is 0 Å². The molecule has 3 rings (SSSR count). The molecule has 0 saturated heterocycles. The summed E-state index contributed by atoms with van der Waals surface area (Å²) in [6, 6.07) is 17.7. The van der Waals surface area contributed by atoms with Gasteiger partial charge >= 0.3 is 0 Å². The van der Waals surface area contributed by atoms with Crippen LogP contribution in [0, 0.1) is 6.92 Å².